The molecule has 1 aliphatic carbocycles. The van der Waals surface area contributed by atoms with Crippen LogP contribution in [0.2, 0.25) is 0 Å². The number of nitrogens with two attached hydrogens (primary N) is 1. The van der Waals surface area contributed by atoms with Crippen molar-refractivity contribution < 1.29 is 0 Å². The van der Waals surface area contributed by atoms with Crippen LogP contribution in [0.15, 0.2) is 0 Å². The van der Waals surface area contributed by atoms with E-state index in [2.05, 4.69) is 15.0 Å². The number of rotatable bonds is 4. The van der Waals surface area contributed by atoms with Gasteiger partial charge in [0.2, 0.25) is 0 Å². The first kappa shape index (κ1) is 11.0. The van der Waals surface area contributed by atoms with E-state index in [4.69, 9.17) is 5.84 Å². The monoisotopic (exact) mass is 226 g/mol. The van der Waals surface area contributed by atoms with Crippen LogP contribution in [0.3, 0.4) is 0 Å². The molecule has 0 aliphatic heterocycles. The first-order chi connectivity index (χ1) is 7.31. The van der Waals surface area contributed by atoms with Crippen LogP contribution < -0.4 is 11.3 Å². The first-order valence-electron chi connectivity index (χ1n) is 5.56. The molecule has 84 valence electrons. The summed E-state index contributed by atoms with van der Waals surface area (Å²) in [5, 5.41) is 4.03. The van der Waals surface area contributed by atoms with Crippen molar-refractivity contribution in [3.05, 3.63) is 10.6 Å². The Balaban J connectivity index is 2.00. The molecule has 1 unspecified atom stereocenters. The van der Waals surface area contributed by atoms with Gasteiger partial charge in [0.25, 0.3) is 0 Å². The minimum atomic E-state index is 0.244. The van der Waals surface area contributed by atoms with Crippen LogP contribution in [-0.2, 0) is 0 Å². The molecule has 0 saturated heterocycles. The fourth-order valence-corrected chi connectivity index (χ4v) is 3.10. The van der Waals surface area contributed by atoms with E-state index in [1.165, 1.54) is 42.1 Å². The van der Waals surface area contributed by atoms with Gasteiger partial charge < -0.3 is 0 Å². The summed E-state index contributed by atoms with van der Waals surface area (Å²) in [7, 11) is 0. The van der Waals surface area contributed by atoms with Crippen molar-refractivity contribution in [3.63, 3.8) is 0 Å². The molecule has 4 nitrogen and oxygen atoms in total. The van der Waals surface area contributed by atoms with Gasteiger partial charge in [-0.2, -0.15) is 0 Å². The van der Waals surface area contributed by atoms with Gasteiger partial charge in [0.15, 0.2) is 0 Å². The van der Waals surface area contributed by atoms with E-state index in [1.807, 2.05) is 6.92 Å². The average molecular weight is 226 g/mol. The van der Waals surface area contributed by atoms with Gasteiger partial charge in [-0.1, -0.05) is 30.2 Å². The highest BCUT2D eigenvalue weighted by Gasteiger charge is 2.23. The third-order valence-electron chi connectivity index (χ3n) is 3.25. The van der Waals surface area contributed by atoms with Gasteiger partial charge in [-0.3, -0.25) is 11.3 Å². The summed E-state index contributed by atoms with van der Waals surface area (Å²) in [6.45, 7) is 2.00. The van der Waals surface area contributed by atoms with E-state index in [-0.39, 0.29) is 6.04 Å². The molecule has 1 atom stereocenters. The summed E-state index contributed by atoms with van der Waals surface area (Å²) in [6, 6.07) is 0.244. The number of nitrogens with one attached hydrogen (secondary N) is 1. The van der Waals surface area contributed by atoms with E-state index in [1.54, 1.807) is 0 Å². The van der Waals surface area contributed by atoms with Gasteiger partial charge in [-0.05, 0) is 30.8 Å². The van der Waals surface area contributed by atoms with E-state index >= 15 is 0 Å². The zero-order valence-corrected chi connectivity index (χ0v) is 9.89. The maximum absolute atomic E-state index is 5.61. The molecule has 2 rings (SSSR count). The summed E-state index contributed by atoms with van der Waals surface area (Å²) < 4.78 is 3.96. The Kier molecular flexibility index (Phi) is 3.66. The van der Waals surface area contributed by atoms with Crippen LogP contribution in [0, 0.1) is 12.8 Å². The van der Waals surface area contributed by atoms with Crippen molar-refractivity contribution in [1.82, 2.24) is 15.0 Å². The Morgan fingerprint density at radius 2 is 2.27 bits per heavy atom. The molecule has 1 aliphatic rings. The molecule has 0 bridgehead atoms. The van der Waals surface area contributed by atoms with Crippen molar-refractivity contribution in [2.24, 2.45) is 11.8 Å². The maximum Gasteiger partial charge on any atom is 0.0773 e. The zero-order valence-electron chi connectivity index (χ0n) is 9.07. The number of aryl methyl sites for hydroxylation is 1. The zero-order chi connectivity index (χ0) is 10.7. The summed E-state index contributed by atoms with van der Waals surface area (Å²) >= 11 is 1.46. The molecule has 1 heterocycles. The molecule has 3 N–H and O–H groups in total. The van der Waals surface area contributed by atoms with E-state index < -0.39 is 0 Å². The summed E-state index contributed by atoms with van der Waals surface area (Å²) in [4.78, 5) is 1.20. The first-order valence-corrected chi connectivity index (χ1v) is 6.33. The highest BCUT2D eigenvalue weighted by molar-refractivity contribution is 7.05. The van der Waals surface area contributed by atoms with Crippen LogP contribution in [0.25, 0.3) is 0 Å². The van der Waals surface area contributed by atoms with Gasteiger partial charge in [-0.25, -0.2) is 0 Å². The van der Waals surface area contributed by atoms with Crippen LogP contribution in [-0.4, -0.2) is 9.59 Å². The average Bonchev–Trinajstić information content (AvgIpc) is 2.85. The number of hydrazine groups is 1. The lowest BCUT2D eigenvalue weighted by molar-refractivity contribution is 0.403. The van der Waals surface area contributed by atoms with Crippen LogP contribution in [0.1, 0.15) is 48.7 Å². The topological polar surface area (TPSA) is 63.8 Å². The molecule has 0 amide bonds. The van der Waals surface area contributed by atoms with Crippen molar-refractivity contribution >= 4 is 11.5 Å². The smallest absolute Gasteiger partial charge is 0.0773 e. The number of nitrogens with zero attached hydrogens (tertiary/aromatic N) is 2. The summed E-state index contributed by atoms with van der Waals surface area (Å²) in [5.41, 5.74) is 3.92. The molecule has 1 saturated carbocycles. The molecule has 0 radical (unpaired) electrons. The summed E-state index contributed by atoms with van der Waals surface area (Å²) in [5.74, 6) is 6.44. The Labute approximate surface area is 94.4 Å². The van der Waals surface area contributed by atoms with Crippen molar-refractivity contribution in [2.45, 2.75) is 45.1 Å². The molecule has 1 aromatic heterocycles. The molecule has 0 aromatic carbocycles. The SMILES string of the molecule is Cc1nnsc1C(CC1CCCC1)NN. The number of hydrogen-bond acceptors (Lipinski definition) is 5. The highest BCUT2D eigenvalue weighted by atomic mass is 32.1. The van der Waals surface area contributed by atoms with Gasteiger partial charge in [0.1, 0.15) is 0 Å². The third-order valence-corrected chi connectivity index (χ3v) is 4.19. The molecule has 1 fully saturated rings. The lowest BCUT2D eigenvalue weighted by atomic mass is 9.97. The minimum absolute atomic E-state index is 0.244. The minimum Gasteiger partial charge on any atom is -0.271 e. The predicted molar refractivity (Wildman–Crippen MR) is 61.3 cm³/mol. The van der Waals surface area contributed by atoms with Gasteiger partial charge >= 0.3 is 0 Å². The molecular formula is C10H18N4S. The third kappa shape index (κ3) is 2.53. The Hall–Kier alpha value is -0.520. The highest BCUT2D eigenvalue weighted by Crippen LogP contribution is 2.34. The predicted octanol–water partition coefficient (Wildman–Crippen LogP) is 1.93. The number of hydrogen-bond donors (Lipinski definition) is 2. The van der Waals surface area contributed by atoms with Crippen molar-refractivity contribution in [1.29, 1.82) is 0 Å². The second kappa shape index (κ2) is 5.01. The number of aromatic nitrogens is 2. The molecule has 1 aromatic rings. The molecule has 5 heteroatoms. The largest absolute Gasteiger partial charge is 0.271 e. The van der Waals surface area contributed by atoms with Crippen molar-refractivity contribution in [2.75, 3.05) is 0 Å². The van der Waals surface area contributed by atoms with E-state index in [0.717, 1.165) is 18.0 Å². The Morgan fingerprint density at radius 1 is 1.53 bits per heavy atom. The molecule has 0 spiro atoms. The van der Waals surface area contributed by atoms with Gasteiger partial charge in [0.05, 0.1) is 16.6 Å². The summed E-state index contributed by atoms with van der Waals surface area (Å²) in [6.07, 6.45) is 6.58. The van der Waals surface area contributed by atoms with Crippen LogP contribution in [0.5, 0.6) is 0 Å². The lowest BCUT2D eigenvalue weighted by Gasteiger charge is -2.18. The lowest BCUT2D eigenvalue weighted by Crippen LogP contribution is -2.29. The van der Waals surface area contributed by atoms with Gasteiger partial charge in [-0.15, -0.1) is 5.10 Å². The Morgan fingerprint density at radius 3 is 2.80 bits per heavy atom. The molecule has 15 heavy (non-hydrogen) atoms. The van der Waals surface area contributed by atoms with Crippen LogP contribution >= 0.6 is 11.5 Å². The molecular weight excluding hydrogens is 208 g/mol. The maximum atomic E-state index is 5.61. The second-order valence-electron chi connectivity index (χ2n) is 4.33. The van der Waals surface area contributed by atoms with E-state index in [0.29, 0.717) is 0 Å². The fraction of sp³-hybridized carbons (Fsp3) is 0.800. The van der Waals surface area contributed by atoms with Crippen LogP contribution in [0.4, 0.5) is 0 Å². The Bertz CT molecular complexity index is 306. The van der Waals surface area contributed by atoms with E-state index in [9.17, 15) is 0 Å². The van der Waals surface area contributed by atoms with Crippen molar-refractivity contribution in [3.8, 4) is 0 Å². The second-order valence-corrected chi connectivity index (χ2v) is 5.11. The standard InChI is InChI=1S/C10H18N4S/c1-7-10(15-14-13-7)9(12-11)6-8-4-2-3-5-8/h8-9,12H,2-6,11H2,1H3. The normalized spacial score (nSPS) is 19.6. The van der Waals surface area contributed by atoms with Gasteiger partial charge in [0, 0.05) is 0 Å². The quantitative estimate of drug-likeness (QED) is 0.608. The fourth-order valence-electron chi connectivity index (χ4n) is 2.39.